The van der Waals surface area contributed by atoms with E-state index in [1.165, 1.54) is 12.3 Å². The number of likely N-dealkylation sites (N-methyl/N-ethyl adjacent to an activating group) is 1. The van der Waals surface area contributed by atoms with E-state index in [4.69, 9.17) is 19.7 Å². The third-order valence-electron chi connectivity index (χ3n) is 7.02. The molecular weight excluding hydrogens is 473 g/mol. The van der Waals surface area contributed by atoms with E-state index in [1.807, 2.05) is 35.1 Å². The van der Waals surface area contributed by atoms with Gasteiger partial charge in [0.25, 0.3) is 0 Å². The molecule has 1 fully saturated rings. The van der Waals surface area contributed by atoms with Gasteiger partial charge in [0.2, 0.25) is 5.95 Å². The topological polar surface area (TPSA) is 98.9 Å². The van der Waals surface area contributed by atoms with Crippen LogP contribution in [0.4, 0.5) is 10.2 Å². The molecule has 4 aromatic heterocycles. The van der Waals surface area contributed by atoms with Crippen LogP contribution in [-0.4, -0.2) is 55.7 Å². The fourth-order valence-electron chi connectivity index (χ4n) is 5.19. The molecular formula is C27H28FN7O2. The largest absolute Gasteiger partial charge is 0.356 e. The Morgan fingerprint density at radius 1 is 1.14 bits per heavy atom. The van der Waals surface area contributed by atoms with Crippen molar-refractivity contribution < 1.29 is 13.9 Å². The number of ketones is 1. The van der Waals surface area contributed by atoms with E-state index in [0.717, 1.165) is 73.1 Å². The number of nitrogens with zero attached hydrogens (tertiary/aromatic N) is 7. The van der Waals surface area contributed by atoms with Crippen molar-refractivity contribution in [2.24, 2.45) is 0 Å². The molecule has 37 heavy (non-hydrogen) atoms. The molecule has 1 atom stereocenters. The highest BCUT2D eigenvalue weighted by Crippen LogP contribution is 2.32. The lowest BCUT2D eigenvalue weighted by Crippen LogP contribution is -2.28. The summed E-state index contributed by atoms with van der Waals surface area (Å²) in [7, 11) is 1.87. The molecule has 10 heteroatoms. The van der Waals surface area contributed by atoms with Crippen molar-refractivity contribution in [1.29, 1.82) is 0 Å². The Hall–Kier alpha value is -3.79. The minimum Gasteiger partial charge on any atom is -0.356 e. The maximum absolute atomic E-state index is 13.1. The Morgan fingerprint density at radius 2 is 2.05 bits per heavy atom. The van der Waals surface area contributed by atoms with Gasteiger partial charge in [-0.25, -0.2) is 19.6 Å². The molecule has 1 aliphatic heterocycles. The number of aromatic nitrogens is 6. The molecule has 1 saturated heterocycles. The monoisotopic (exact) mass is 501 g/mol. The summed E-state index contributed by atoms with van der Waals surface area (Å²) in [5.41, 5.74) is 4.38. The van der Waals surface area contributed by atoms with Crippen LogP contribution in [0.25, 0.3) is 22.4 Å². The summed E-state index contributed by atoms with van der Waals surface area (Å²) in [4.78, 5) is 32.7. The average Bonchev–Trinajstić information content (AvgIpc) is 3.56. The second kappa shape index (κ2) is 9.93. The second-order valence-corrected chi connectivity index (χ2v) is 9.75. The van der Waals surface area contributed by atoms with E-state index in [-0.39, 0.29) is 25.0 Å². The van der Waals surface area contributed by atoms with Crippen molar-refractivity contribution in [2.75, 3.05) is 25.1 Å². The maximum atomic E-state index is 13.1. The Labute approximate surface area is 213 Å². The quantitative estimate of drug-likeness (QED) is 0.352. The summed E-state index contributed by atoms with van der Waals surface area (Å²) in [6.07, 6.45) is 11.1. The third-order valence-corrected chi connectivity index (χ3v) is 7.02. The summed E-state index contributed by atoms with van der Waals surface area (Å²) in [6, 6.07) is 4.82. The number of ether oxygens (including phenoxy) is 1. The van der Waals surface area contributed by atoms with Gasteiger partial charge in [0.05, 0.1) is 24.5 Å². The Balaban J connectivity index is 1.26. The minimum atomic E-state index is -0.557. The summed E-state index contributed by atoms with van der Waals surface area (Å²) in [5, 5.41) is 5.53. The zero-order chi connectivity index (χ0) is 25.4. The molecule has 1 unspecified atom stereocenters. The molecule has 9 nitrogen and oxygen atoms in total. The molecule has 0 saturated carbocycles. The molecule has 6 rings (SSSR count). The van der Waals surface area contributed by atoms with Crippen molar-refractivity contribution in [1.82, 2.24) is 29.7 Å². The van der Waals surface area contributed by atoms with E-state index < -0.39 is 5.95 Å². The molecule has 190 valence electrons. The smallest absolute Gasteiger partial charge is 0.212 e. The highest BCUT2D eigenvalue weighted by Gasteiger charge is 2.24. The summed E-state index contributed by atoms with van der Waals surface area (Å²) in [6.45, 7) is 0.932. The normalized spacial score (nSPS) is 17.2. The number of hydrogen-bond acceptors (Lipinski definition) is 8. The number of rotatable bonds is 7. The van der Waals surface area contributed by atoms with E-state index in [1.54, 1.807) is 6.07 Å². The summed E-state index contributed by atoms with van der Waals surface area (Å²) < 4.78 is 20.9. The lowest BCUT2D eigenvalue weighted by Gasteiger charge is -2.23. The Morgan fingerprint density at radius 3 is 2.86 bits per heavy atom. The zero-order valence-corrected chi connectivity index (χ0v) is 20.7. The van der Waals surface area contributed by atoms with Gasteiger partial charge in [-0.3, -0.25) is 9.78 Å². The number of carbonyl (C=O) groups is 1. The van der Waals surface area contributed by atoms with Crippen molar-refractivity contribution in [3.63, 3.8) is 0 Å². The maximum Gasteiger partial charge on any atom is 0.212 e. The van der Waals surface area contributed by atoms with Gasteiger partial charge in [0.15, 0.2) is 17.8 Å². The van der Waals surface area contributed by atoms with E-state index >= 15 is 0 Å². The van der Waals surface area contributed by atoms with Gasteiger partial charge in [-0.15, -0.1) is 0 Å². The number of aryl methyl sites for hydroxylation is 1. The van der Waals surface area contributed by atoms with Gasteiger partial charge < -0.3 is 9.64 Å². The molecule has 2 aliphatic rings. The fourth-order valence-corrected chi connectivity index (χ4v) is 5.19. The molecule has 4 aromatic rings. The van der Waals surface area contributed by atoms with Gasteiger partial charge >= 0.3 is 0 Å². The minimum absolute atomic E-state index is 0.000271. The van der Waals surface area contributed by atoms with Crippen LogP contribution in [0.5, 0.6) is 0 Å². The molecule has 1 aliphatic carbocycles. The molecule has 5 heterocycles. The van der Waals surface area contributed by atoms with Gasteiger partial charge in [-0.2, -0.15) is 9.49 Å². The lowest BCUT2D eigenvalue weighted by molar-refractivity contribution is -0.117. The van der Waals surface area contributed by atoms with Gasteiger partial charge in [0, 0.05) is 42.9 Å². The van der Waals surface area contributed by atoms with Crippen molar-refractivity contribution in [2.45, 2.75) is 51.2 Å². The first-order valence-corrected chi connectivity index (χ1v) is 12.7. The van der Waals surface area contributed by atoms with Crippen LogP contribution in [0.15, 0.2) is 36.8 Å². The van der Waals surface area contributed by atoms with Gasteiger partial charge in [0.1, 0.15) is 11.5 Å². The third kappa shape index (κ3) is 4.81. The number of fused-ring (bicyclic) bond motifs is 2. The Kier molecular flexibility index (Phi) is 6.33. The van der Waals surface area contributed by atoms with Crippen LogP contribution in [0.3, 0.4) is 0 Å². The SMILES string of the molecule is CN(CC(=O)Cc1ccc(F)nc1)c1nc(-c2cc3cnn(C4CCCCO4)c3cn2)nc2c1CCC2. The van der Waals surface area contributed by atoms with Crippen molar-refractivity contribution >= 4 is 22.5 Å². The molecule has 0 amide bonds. The first-order chi connectivity index (χ1) is 18.0. The molecule has 0 radical (unpaired) electrons. The number of pyridine rings is 2. The van der Waals surface area contributed by atoms with Crippen molar-refractivity contribution in [3.8, 4) is 11.5 Å². The molecule has 0 N–H and O–H groups in total. The first kappa shape index (κ1) is 23.6. The van der Waals surface area contributed by atoms with Crippen LogP contribution in [0, 0.1) is 5.95 Å². The van der Waals surface area contributed by atoms with Crippen LogP contribution >= 0.6 is 0 Å². The molecule has 0 spiro atoms. The van der Waals surface area contributed by atoms with E-state index in [2.05, 4.69) is 10.1 Å². The highest BCUT2D eigenvalue weighted by molar-refractivity contribution is 5.85. The zero-order valence-electron chi connectivity index (χ0n) is 20.7. The summed E-state index contributed by atoms with van der Waals surface area (Å²) >= 11 is 0. The number of anilines is 1. The van der Waals surface area contributed by atoms with Crippen LogP contribution < -0.4 is 4.90 Å². The van der Waals surface area contributed by atoms with Crippen LogP contribution in [-0.2, 0) is 28.8 Å². The number of hydrogen-bond donors (Lipinski definition) is 0. The standard InChI is InChI=1S/C27H28FN7O2/c1-34(16-19(36)11-17-8-9-24(28)30-13-17)27-20-5-4-6-21(20)32-26(33-27)22-12-18-14-31-35(23(18)15-29-22)25-7-2-3-10-37-25/h8-9,12-15,25H,2-7,10-11,16H2,1H3. The number of carbonyl (C=O) groups excluding carboxylic acids is 1. The van der Waals surface area contributed by atoms with Gasteiger partial charge in [-0.1, -0.05) is 6.07 Å². The predicted molar refractivity (Wildman–Crippen MR) is 136 cm³/mol. The average molecular weight is 502 g/mol. The predicted octanol–water partition coefficient (Wildman–Crippen LogP) is 3.86. The van der Waals surface area contributed by atoms with Crippen LogP contribution in [0.2, 0.25) is 0 Å². The Bertz CT molecular complexity index is 1450. The fraction of sp³-hybridized carbons (Fsp3) is 0.407. The molecule has 0 aromatic carbocycles. The van der Waals surface area contributed by atoms with Crippen molar-refractivity contribution in [3.05, 3.63) is 59.6 Å². The highest BCUT2D eigenvalue weighted by atomic mass is 19.1. The number of halogens is 1. The second-order valence-electron chi connectivity index (χ2n) is 9.75. The first-order valence-electron chi connectivity index (χ1n) is 12.7. The molecule has 0 bridgehead atoms. The van der Waals surface area contributed by atoms with Gasteiger partial charge in [-0.05, 0) is 56.2 Å². The summed E-state index contributed by atoms with van der Waals surface area (Å²) in [5.74, 6) is 0.746. The van der Waals surface area contributed by atoms with E-state index in [0.29, 0.717) is 17.1 Å². The van der Waals surface area contributed by atoms with E-state index in [9.17, 15) is 9.18 Å². The number of Topliss-reactive ketones (excluding diaryl/α,β-unsaturated/α-hetero) is 1. The lowest BCUT2D eigenvalue weighted by atomic mass is 10.1. The van der Waals surface area contributed by atoms with Crippen LogP contribution in [0.1, 0.15) is 48.7 Å².